The molecule has 0 atom stereocenters. The third kappa shape index (κ3) is 8.16. The van der Waals surface area contributed by atoms with Gasteiger partial charge in [0.25, 0.3) is 0 Å². The molecule has 1 rings (SSSR count). The predicted octanol–water partition coefficient (Wildman–Crippen LogP) is 3.58. The van der Waals surface area contributed by atoms with E-state index in [9.17, 15) is 4.80 Å². The number of hydrogen-bond donors (Lipinski definition) is 1. The molecule has 0 aliphatic carbocycles. The first-order chi connectivity index (χ1) is 8.91. The third-order valence-corrected chi connectivity index (χ3v) is 4.64. The molecular formula is C15H28O3Si. The van der Waals surface area contributed by atoms with Crippen LogP contribution in [0, 0.1) is 0 Å². The van der Waals surface area contributed by atoms with Gasteiger partial charge in [-0.15, -0.1) is 0 Å². The molecule has 0 aromatic heterocycles. The predicted molar refractivity (Wildman–Crippen MR) is 81.9 cm³/mol. The van der Waals surface area contributed by atoms with E-state index in [1.807, 2.05) is 71.9 Å². The van der Waals surface area contributed by atoms with Crippen molar-refractivity contribution in [2.75, 3.05) is 0 Å². The van der Waals surface area contributed by atoms with Gasteiger partial charge in [-0.1, -0.05) is 44.2 Å². The molecule has 19 heavy (non-hydrogen) atoms. The second kappa shape index (κ2) is 9.26. The average molecular weight is 284 g/mol. The molecule has 0 fully saturated rings. The highest BCUT2D eigenvalue weighted by atomic mass is 28.4. The van der Waals surface area contributed by atoms with E-state index in [1.54, 1.807) is 0 Å². The first-order valence-electron chi connectivity index (χ1n) is 7.03. The van der Waals surface area contributed by atoms with E-state index in [4.69, 9.17) is 8.85 Å². The molecule has 0 radical (unpaired) electrons. The van der Waals surface area contributed by atoms with Crippen LogP contribution in [0.3, 0.4) is 0 Å². The Labute approximate surface area is 118 Å². The van der Waals surface area contributed by atoms with Crippen LogP contribution >= 0.6 is 0 Å². The minimum atomic E-state index is -3.12. The summed E-state index contributed by atoms with van der Waals surface area (Å²) >= 11 is 0. The van der Waals surface area contributed by atoms with Gasteiger partial charge in [0.15, 0.2) is 0 Å². The Bertz CT molecular complexity index is 315. The molecular weight excluding hydrogens is 256 g/mol. The van der Waals surface area contributed by atoms with E-state index in [0.717, 1.165) is 5.56 Å². The van der Waals surface area contributed by atoms with Gasteiger partial charge in [0, 0.05) is 18.3 Å². The molecule has 0 aliphatic heterocycles. The van der Waals surface area contributed by atoms with E-state index in [1.165, 1.54) is 0 Å². The van der Waals surface area contributed by atoms with Crippen LogP contribution in [0.4, 0.5) is 0 Å². The summed E-state index contributed by atoms with van der Waals surface area (Å²) in [7, 11) is -3.12. The summed E-state index contributed by atoms with van der Waals surface area (Å²) in [5, 5.41) is 0. The molecule has 1 aromatic carbocycles. The Morgan fingerprint density at radius 3 is 1.74 bits per heavy atom. The first kappa shape index (κ1) is 18.3. The van der Waals surface area contributed by atoms with Crippen molar-refractivity contribution in [3.63, 3.8) is 0 Å². The van der Waals surface area contributed by atoms with Gasteiger partial charge in [-0.05, 0) is 33.3 Å². The van der Waals surface area contributed by atoms with E-state index in [2.05, 4.69) is 0 Å². The van der Waals surface area contributed by atoms with Crippen molar-refractivity contribution in [1.82, 2.24) is 0 Å². The van der Waals surface area contributed by atoms with Crippen molar-refractivity contribution in [3.05, 3.63) is 35.9 Å². The molecule has 1 aromatic rings. The molecule has 0 aliphatic rings. The maximum absolute atomic E-state index is 10.5. The van der Waals surface area contributed by atoms with Crippen molar-refractivity contribution >= 4 is 8.80 Å². The standard InChI is InChI=1S/C13H22O3Si.C2H6/c1-11(2)15-17(14,16-12(3)4)10-13-8-6-5-7-9-13;1-2/h5-9,11-12,14H,10H2,1-4H3;1-2H3. The van der Waals surface area contributed by atoms with E-state index in [0.29, 0.717) is 6.04 Å². The van der Waals surface area contributed by atoms with Crippen LogP contribution in [0.5, 0.6) is 0 Å². The lowest BCUT2D eigenvalue weighted by atomic mass is 10.2. The van der Waals surface area contributed by atoms with Crippen LogP contribution in [0.15, 0.2) is 30.3 Å². The molecule has 0 unspecified atom stereocenters. The van der Waals surface area contributed by atoms with Gasteiger partial charge in [-0.25, -0.2) is 0 Å². The van der Waals surface area contributed by atoms with E-state index in [-0.39, 0.29) is 12.2 Å². The maximum atomic E-state index is 10.5. The Morgan fingerprint density at radius 2 is 1.37 bits per heavy atom. The molecule has 0 bridgehead atoms. The molecule has 4 heteroatoms. The van der Waals surface area contributed by atoms with Crippen molar-refractivity contribution in [2.24, 2.45) is 0 Å². The second-order valence-corrected chi connectivity index (χ2v) is 6.96. The summed E-state index contributed by atoms with van der Waals surface area (Å²) in [4.78, 5) is 10.5. The topological polar surface area (TPSA) is 38.7 Å². The quantitative estimate of drug-likeness (QED) is 0.812. The fraction of sp³-hybridized carbons (Fsp3) is 0.600. The summed E-state index contributed by atoms with van der Waals surface area (Å²) in [5.74, 6) is 0. The average Bonchev–Trinajstić information content (AvgIpc) is 2.30. The minimum Gasteiger partial charge on any atom is -0.389 e. The zero-order chi connectivity index (χ0) is 14.9. The molecule has 0 spiro atoms. The Morgan fingerprint density at radius 1 is 0.947 bits per heavy atom. The Kier molecular flexibility index (Phi) is 8.92. The molecule has 0 saturated heterocycles. The summed E-state index contributed by atoms with van der Waals surface area (Å²) in [6.45, 7) is 11.6. The largest absolute Gasteiger partial charge is 0.503 e. The van der Waals surface area contributed by atoms with Gasteiger partial charge >= 0.3 is 8.80 Å². The minimum absolute atomic E-state index is 0.0332. The zero-order valence-corrected chi connectivity index (χ0v) is 14.0. The van der Waals surface area contributed by atoms with Gasteiger partial charge < -0.3 is 13.6 Å². The van der Waals surface area contributed by atoms with Crippen LogP contribution in [0.2, 0.25) is 0 Å². The van der Waals surface area contributed by atoms with Crippen LogP contribution in [-0.2, 0) is 14.9 Å². The van der Waals surface area contributed by atoms with E-state index < -0.39 is 8.80 Å². The zero-order valence-electron chi connectivity index (χ0n) is 13.0. The SMILES string of the molecule is CC.CC(C)O[Si](O)(Cc1ccccc1)OC(C)C. The van der Waals surface area contributed by atoms with Crippen molar-refractivity contribution in [2.45, 2.75) is 59.8 Å². The van der Waals surface area contributed by atoms with Crippen molar-refractivity contribution in [3.8, 4) is 0 Å². The second-order valence-electron chi connectivity index (χ2n) is 4.71. The first-order valence-corrected chi connectivity index (χ1v) is 9.00. The van der Waals surface area contributed by atoms with Crippen molar-refractivity contribution in [1.29, 1.82) is 0 Å². The van der Waals surface area contributed by atoms with Gasteiger partial charge in [0.05, 0.1) is 0 Å². The van der Waals surface area contributed by atoms with Crippen LogP contribution < -0.4 is 0 Å². The summed E-state index contributed by atoms with van der Waals surface area (Å²) in [6.07, 6.45) is -0.0664. The van der Waals surface area contributed by atoms with Crippen LogP contribution in [0.25, 0.3) is 0 Å². The highest BCUT2D eigenvalue weighted by Crippen LogP contribution is 2.16. The van der Waals surface area contributed by atoms with Crippen LogP contribution in [-0.4, -0.2) is 25.8 Å². The number of benzene rings is 1. The van der Waals surface area contributed by atoms with Gasteiger partial charge in [-0.2, -0.15) is 0 Å². The van der Waals surface area contributed by atoms with Crippen molar-refractivity contribution < 1.29 is 13.6 Å². The lowest BCUT2D eigenvalue weighted by Gasteiger charge is -2.28. The molecule has 3 nitrogen and oxygen atoms in total. The molecule has 0 saturated carbocycles. The number of rotatable bonds is 6. The van der Waals surface area contributed by atoms with Gasteiger partial charge in [-0.3, -0.25) is 0 Å². The smallest absolute Gasteiger partial charge is 0.389 e. The fourth-order valence-corrected chi connectivity index (χ4v) is 4.15. The summed E-state index contributed by atoms with van der Waals surface area (Å²) in [6, 6.07) is 10.3. The number of hydrogen-bond acceptors (Lipinski definition) is 3. The summed E-state index contributed by atoms with van der Waals surface area (Å²) < 4.78 is 11.2. The fourth-order valence-electron chi connectivity index (χ4n) is 1.70. The lowest BCUT2D eigenvalue weighted by Crippen LogP contribution is -2.48. The highest BCUT2D eigenvalue weighted by molar-refractivity contribution is 6.58. The Hall–Kier alpha value is -0.683. The summed E-state index contributed by atoms with van der Waals surface area (Å²) in [5.41, 5.74) is 1.04. The van der Waals surface area contributed by atoms with E-state index >= 15 is 0 Å². The third-order valence-electron chi connectivity index (χ3n) is 2.11. The van der Waals surface area contributed by atoms with Gasteiger partial charge in [0.1, 0.15) is 0 Å². The van der Waals surface area contributed by atoms with Crippen LogP contribution in [0.1, 0.15) is 47.1 Å². The monoisotopic (exact) mass is 284 g/mol. The lowest BCUT2D eigenvalue weighted by molar-refractivity contribution is 0.0469. The molecule has 0 amide bonds. The van der Waals surface area contributed by atoms with Gasteiger partial charge in [0.2, 0.25) is 0 Å². The molecule has 1 N–H and O–H groups in total. The molecule has 0 heterocycles. The molecule has 110 valence electrons. The normalized spacial score (nSPS) is 11.4. The maximum Gasteiger partial charge on any atom is 0.503 e. The Balaban J connectivity index is 0.00000154. The highest BCUT2D eigenvalue weighted by Gasteiger charge is 2.39.